The third-order valence-corrected chi connectivity index (χ3v) is 5.14. The number of aromatic nitrogens is 1. The lowest BCUT2D eigenvalue weighted by Crippen LogP contribution is -2.22. The molecular formula is C17H19F2N3O2S. The van der Waals surface area contributed by atoms with E-state index in [1.807, 2.05) is 0 Å². The van der Waals surface area contributed by atoms with Gasteiger partial charge >= 0.3 is 6.61 Å². The van der Waals surface area contributed by atoms with Crippen molar-refractivity contribution in [3.63, 3.8) is 0 Å². The second-order valence-electron chi connectivity index (χ2n) is 5.94. The summed E-state index contributed by atoms with van der Waals surface area (Å²) in [7, 11) is 0. The van der Waals surface area contributed by atoms with Crippen LogP contribution in [0.1, 0.15) is 47.3 Å². The van der Waals surface area contributed by atoms with Crippen molar-refractivity contribution < 1.29 is 18.3 Å². The number of halogens is 2. The van der Waals surface area contributed by atoms with Crippen LogP contribution in [-0.2, 0) is 0 Å². The first kappa shape index (κ1) is 17.6. The summed E-state index contributed by atoms with van der Waals surface area (Å²) in [5.74, 6) is -0.0972. The summed E-state index contributed by atoms with van der Waals surface area (Å²) < 4.78 is 28.6. The van der Waals surface area contributed by atoms with Crippen molar-refractivity contribution in [1.82, 2.24) is 4.98 Å². The zero-order valence-electron chi connectivity index (χ0n) is 13.5. The van der Waals surface area contributed by atoms with Crippen LogP contribution in [0.2, 0.25) is 0 Å². The van der Waals surface area contributed by atoms with Crippen molar-refractivity contribution in [2.75, 3.05) is 11.1 Å². The fourth-order valence-electron chi connectivity index (χ4n) is 2.90. The number of ether oxygens (including phenoxy) is 1. The summed E-state index contributed by atoms with van der Waals surface area (Å²) in [6.45, 7) is -2.90. The van der Waals surface area contributed by atoms with Gasteiger partial charge in [0.15, 0.2) is 5.13 Å². The molecule has 0 radical (unpaired) electrons. The van der Waals surface area contributed by atoms with Gasteiger partial charge in [-0.05, 0) is 37.1 Å². The Bertz CT molecular complexity index is 728. The Kier molecular flexibility index (Phi) is 5.47. The number of hydrogen-bond donors (Lipinski definition) is 2. The first-order valence-electron chi connectivity index (χ1n) is 8.15. The van der Waals surface area contributed by atoms with Gasteiger partial charge in [-0.1, -0.05) is 30.6 Å². The van der Waals surface area contributed by atoms with Crippen LogP contribution in [0.3, 0.4) is 0 Å². The maximum atomic E-state index is 12.6. The number of nitrogens with zero attached hydrogens (tertiary/aromatic N) is 1. The Balaban J connectivity index is 1.71. The van der Waals surface area contributed by atoms with Gasteiger partial charge in [0.2, 0.25) is 5.78 Å². The maximum Gasteiger partial charge on any atom is 0.387 e. The van der Waals surface area contributed by atoms with E-state index in [2.05, 4.69) is 15.0 Å². The smallest absolute Gasteiger partial charge is 0.387 e. The predicted molar refractivity (Wildman–Crippen MR) is 93.5 cm³/mol. The molecule has 0 bridgehead atoms. The quantitative estimate of drug-likeness (QED) is 0.744. The third kappa shape index (κ3) is 4.45. The standard InChI is InChI=1S/C17H19F2N3O2S/c18-16(19)24-12-8-6-10(7-9-12)13(23)14-15(20)22-17(25-14)21-11-4-2-1-3-5-11/h6-9,11,16H,1-5,20H2,(H,21,22). The molecule has 1 aromatic heterocycles. The molecule has 0 amide bonds. The Labute approximate surface area is 148 Å². The first-order valence-corrected chi connectivity index (χ1v) is 8.97. The number of nitrogen functional groups attached to an aromatic ring is 1. The van der Waals surface area contributed by atoms with Crippen molar-refractivity contribution in [2.45, 2.75) is 44.8 Å². The van der Waals surface area contributed by atoms with Crippen LogP contribution < -0.4 is 15.8 Å². The summed E-state index contributed by atoms with van der Waals surface area (Å²) in [4.78, 5) is 17.2. The van der Waals surface area contributed by atoms with Gasteiger partial charge in [0.25, 0.3) is 0 Å². The lowest BCUT2D eigenvalue weighted by molar-refractivity contribution is -0.0498. The Morgan fingerprint density at radius 1 is 1.24 bits per heavy atom. The number of ketones is 1. The van der Waals surface area contributed by atoms with Crippen LogP contribution in [0.15, 0.2) is 24.3 Å². The normalized spacial score (nSPS) is 15.3. The Hall–Kier alpha value is -2.22. The third-order valence-electron chi connectivity index (χ3n) is 4.13. The number of hydrogen-bond acceptors (Lipinski definition) is 6. The van der Waals surface area contributed by atoms with E-state index in [4.69, 9.17) is 5.73 Å². The molecule has 134 valence electrons. The molecule has 1 fully saturated rings. The summed E-state index contributed by atoms with van der Waals surface area (Å²) in [5, 5.41) is 3.99. The largest absolute Gasteiger partial charge is 0.435 e. The topological polar surface area (TPSA) is 77.2 Å². The van der Waals surface area contributed by atoms with Gasteiger partial charge in [0.05, 0.1) is 0 Å². The highest BCUT2D eigenvalue weighted by atomic mass is 32.1. The number of nitrogens with one attached hydrogen (secondary N) is 1. The summed E-state index contributed by atoms with van der Waals surface area (Å²) in [6.07, 6.45) is 5.82. The molecule has 0 spiro atoms. The molecule has 0 unspecified atom stereocenters. The summed E-state index contributed by atoms with van der Waals surface area (Å²) in [6, 6.07) is 5.91. The molecule has 0 atom stereocenters. The molecule has 8 heteroatoms. The van der Waals surface area contributed by atoms with Crippen LogP contribution in [0, 0.1) is 0 Å². The van der Waals surface area contributed by atoms with E-state index in [9.17, 15) is 13.6 Å². The van der Waals surface area contributed by atoms with E-state index in [0.29, 0.717) is 21.6 Å². The van der Waals surface area contributed by atoms with Gasteiger partial charge in [-0.15, -0.1) is 0 Å². The minimum absolute atomic E-state index is 0.00322. The van der Waals surface area contributed by atoms with Crippen LogP contribution in [0.5, 0.6) is 5.75 Å². The lowest BCUT2D eigenvalue weighted by Gasteiger charge is -2.22. The zero-order valence-corrected chi connectivity index (χ0v) is 14.3. The van der Waals surface area contributed by atoms with E-state index in [1.165, 1.54) is 54.9 Å². The van der Waals surface area contributed by atoms with Crippen molar-refractivity contribution in [1.29, 1.82) is 0 Å². The fraction of sp³-hybridized carbons (Fsp3) is 0.412. The van der Waals surface area contributed by atoms with Crippen molar-refractivity contribution in [2.24, 2.45) is 0 Å². The monoisotopic (exact) mass is 367 g/mol. The van der Waals surface area contributed by atoms with Crippen LogP contribution in [-0.4, -0.2) is 23.4 Å². The van der Waals surface area contributed by atoms with E-state index < -0.39 is 6.61 Å². The van der Waals surface area contributed by atoms with Gasteiger partial charge in [-0.25, -0.2) is 4.98 Å². The fourth-order valence-corrected chi connectivity index (χ4v) is 3.82. The lowest BCUT2D eigenvalue weighted by atomic mass is 9.96. The average Bonchev–Trinajstić information content (AvgIpc) is 2.95. The summed E-state index contributed by atoms with van der Waals surface area (Å²) in [5.41, 5.74) is 6.24. The SMILES string of the molecule is Nc1nc(NC2CCCCC2)sc1C(=O)c1ccc(OC(F)F)cc1. The minimum atomic E-state index is -2.90. The predicted octanol–water partition coefficient (Wildman–Crippen LogP) is 4.30. The van der Waals surface area contributed by atoms with Gasteiger partial charge in [-0.2, -0.15) is 8.78 Å². The molecular weight excluding hydrogens is 348 g/mol. The number of thiazole rings is 1. The zero-order chi connectivity index (χ0) is 17.8. The van der Waals surface area contributed by atoms with Gasteiger partial charge in [0.1, 0.15) is 16.4 Å². The number of benzene rings is 1. The number of nitrogens with two attached hydrogens (primary N) is 1. The highest BCUT2D eigenvalue weighted by Crippen LogP contribution is 2.30. The van der Waals surface area contributed by atoms with E-state index in [-0.39, 0.29) is 17.4 Å². The van der Waals surface area contributed by atoms with Crippen molar-refractivity contribution in [3.05, 3.63) is 34.7 Å². The number of carbonyl (C=O) groups is 1. The van der Waals surface area contributed by atoms with E-state index >= 15 is 0 Å². The number of rotatable bonds is 6. The molecule has 1 aliphatic rings. The highest BCUT2D eigenvalue weighted by molar-refractivity contribution is 7.18. The van der Waals surface area contributed by atoms with Gasteiger partial charge in [-0.3, -0.25) is 4.79 Å². The molecule has 1 heterocycles. The molecule has 0 aliphatic heterocycles. The molecule has 25 heavy (non-hydrogen) atoms. The second-order valence-corrected chi connectivity index (χ2v) is 6.94. The van der Waals surface area contributed by atoms with Crippen molar-refractivity contribution >= 4 is 28.1 Å². The van der Waals surface area contributed by atoms with E-state index in [1.54, 1.807) is 0 Å². The number of alkyl halides is 2. The minimum Gasteiger partial charge on any atom is -0.435 e. The molecule has 1 aromatic carbocycles. The Morgan fingerprint density at radius 3 is 2.56 bits per heavy atom. The Morgan fingerprint density at radius 2 is 1.92 bits per heavy atom. The molecule has 5 nitrogen and oxygen atoms in total. The number of anilines is 2. The number of carbonyl (C=O) groups excluding carboxylic acids is 1. The van der Waals surface area contributed by atoms with Crippen LogP contribution in [0.25, 0.3) is 0 Å². The molecule has 3 rings (SSSR count). The molecule has 0 saturated heterocycles. The van der Waals surface area contributed by atoms with Crippen LogP contribution >= 0.6 is 11.3 Å². The molecule has 1 saturated carbocycles. The second kappa shape index (κ2) is 7.77. The van der Waals surface area contributed by atoms with Crippen LogP contribution in [0.4, 0.5) is 19.7 Å². The summed E-state index contributed by atoms with van der Waals surface area (Å²) >= 11 is 1.22. The molecule has 3 N–H and O–H groups in total. The van der Waals surface area contributed by atoms with Gasteiger partial charge in [0, 0.05) is 11.6 Å². The molecule has 1 aliphatic carbocycles. The van der Waals surface area contributed by atoms with Gasteiger partial charge < -0.3 is 15.8 Å². The van der Waals surface area contributed by atoms with E-state index in [0.717, 1.165) is 12.8 Å². The molecule has 2 aromatic rings. The maximum absolute atomic E-state index is 12.6. The first-order chi connectivity index (χ1) is 12.0. The average molecular weight is 367 g/mol. The highest BCUT2D eigenvalue weighted by Gasteiger charge is 2.20. The van der Waals surface area contributed by atoms with Crippen molar-refractivity contribution in [3.8, 4) is 5.75 Å².